The van der Waals surface area contributed by atoms with E-state index in [2.05, 4.69) is 48.9 Å². The summed E-state index contributed by atoms with van der Waals surface area (Å²) in [5.41, 5.74) is 7.08. The summed E-state index contributed by atoms with van der Waals surface area (Å²) in [4.78, 5) is 84.7. The summed E-state index contributed by atoms with van der Waals surface area (Å²) >= 11 is 3.24. The first-order valence-electron chi connectivity index (χ1n) is 32.4. The summed E-state index contributed by atoms with van der Waals surface area (Å²) in [6.07, 6.45) is 8.26. The second-order valence-electron chi connectivity index (χ2n) is 21.7. The van der Waals surface area contributed by atoms with Gasteiger partial charge in [-0.05, 0) is 130 Å². The van der Waals surface area contributed by atoms with Crippen LogP contribution in [0.3, 0.4) is 0 Å². The van der Waals surface area contributed by atoms with Crippen LogP contribution in [-0.2, 0) is 49.4 Å². The first-order chi connectivity index (χ1) is 50.9. The third-order valence-electron chi connectivity index (χ3n) is 15.0. The highest BCUT2D eigenvalue weighted by Gasteiger charge is 2.31. The molecule has 0 bridgehead atoms. The van der Waals surface area contributed by atoms with Gasteiger partial charge in [-0.2, -0.15) is 31.6 Å². The minimum Gasteiger partial charge on any atom is -0.507 e. The Morgan fingerprint density at radius 2 is 0.924 bits per heavy atom. The predicted molar refractivity (Wildman–Crippen MR) is 391 cm³/mol. The molecule has 7 aromatic rings. The van der Waals surface area contributed by atoms with Gasteiger partial charge in [0.25, 0.3) is 11.8 Å². The van der Waals surface area contributed by atoms with Gasteiger partial charge in [0, 0.05) is 66.5 Å². The number of carbonyl (C=O) groups excluding carboxylic acids is 6. The molecule has 24 nitrogen and oxygen atoms in total. The molecular formula is C80H79BrN8O16. The Morgan fingerprint density at radius 3 is 1.36 bits per heavy atom. The molecular weight excluding hydrogens is 1410 g/mol. The van der Waals surface area contributed by atoms with Crippen LogP contribution in [-0.4, -0.2) is 153 Å². The molecule has 2 saturated heterocycles. The highest BCUT2D eigenvalue weighted by Crippen LogP contribution is 2.27. The molecule has 7 aromatic carbocycles. The van der Waals surface area contributed by atoms with Gasteiger partial charge in [0.1, 0.15) is 18.1 Å². The zero-order valence-corrected chi connectivity index (χ0v) is 59.8. The van der Waals surface area contributed by atoms with E-state index >= 15 is 0 Å². The maximum atomic E-state index is 13.2. The van der Waals surface area contributed by atoms with E-state index in [1.54, 1.807) is 131 Å². The van der Waals surface area contributed by atoms with Gasteiger partial charge >= 0.3 is 23.9 Å². The largest absolute Gasteiger partial charge is 0.507 e. The van der Waals surface area contributed by atoms with Crippen molar-refractivity contribution in [1.82, 2.24) is 9.80 Å². The number of aliphatic hydroxyl groups excluding tert-OH is 1. The molecule has 2 fully saturated rings. The van der Waals surface area contributed by atoms with Crippen molar-refractivity contribution in [3.05, 3.63) is 254 Å². The van der Waals surface area contributed by atoms with Crippen LogP contribution in [0.15, 0.2) is 187 Å². The van der Waals surface area contributed by atoms with Crippen LogP contribution >= 0.6 is 15.9 Å². The summed E-state index contributed by atoms with van der Waals surface area (Å²) in [5.74, 6) is -2.14. The molecule has 0 unspecified atom stereocenters. The number of aromatic carboxylic acids is 1. The number of methoxy groups -OCH3 is 3. The number of amides is 2. The van der Waals surface area contributed by atoms with Gasteiger partial charge in [-0.25, -0.2) is 19.2 Å². The Balaban J connectivity index is 0.000000335. The van der Waals surface area contributed by atoms with Crippen molar-refractivity contribution >= 4 is 64.0 Å². The standard InChI is InChI=1S/C22H22N2O5.C15H18N2O3.C11H11NO2.C11H9NO2.C10H9NO2.C8H7BrO2.C3H3N/c23-10-4-6-16-5-1-2-7-18(16)22(27)24-11-12-28-14-17(24)15-29-21-9-3-8-20(26)19(21)13-25;16-7-3-5-12-4-1-2-6-14(12)15(19)17-8-9-20-11-13(17)10-18;2*1-14-11(13)10-7-3-2-5-9(10)6-4-8-12;11-7-3-5-8-4-1-2-6-9(8)10(12)13;1-11-8(10)6-4-2-3-5-7(6)9;1-2-3-4/h1-3,5,7-9,13,17,26H,4,6,11-12,14-15H2;1-2,4,6,13,18H,3,5,8-11H2;2-3,5,7H,4,6H2,1H3;2-7H,1H3;1-2,4,6H,3,5H2,(H,12,13);2-5H,1H3;2H,1H2/b;;;6-4+;;;/t17-;13-;;;;;/m01...../s1. The second-order valence-corrected chi connectivity index (χ2v) is 22.5. The normalized spacial score (nSPS) is 12.8. The smallest absolute Gasteiger partial charge is 0.338 e. The predicted octanol–water partition coefficient (Wildman–Crippen LogP) is 12.3. The Kier molecular flexibility index (Phi) is 41.8. The zero-order valence-electron chi connectivity index (χ0n) is 58.2. The number of halogens is 1. The maximum Gasteiger partial charge on any atom is 0.338 e. The minimum absolute atomic E-state index is 0.0731. The number of phenolic OH excluding ortho intramolecular Hbond substituents is 1. The van der Waals surface area contributed by atoms with Crippen LogP contribution < -0.4 is 4.74 Å². The first-order valence-corrected chi connectivity index (χ1v) is 33.2. The van der Waals surface area contributed by atoms with Crippen molar-refractivity contribution in [2.24, 2.45) is 0 Å². The molecule has 9 rings (SSSR count). The number of aryl methyl sites for hydroxylation is 4. The molecule has 2 heterocycles. The van der Waals surface area contributed by atoms with Gasteiger partial charge in [0.15, 0.2) is 6.29 Å². The zero-order chi connectivity index (χ0) is 77.2. The summed E-state index contributed by atoms with van der Waals surface area (Å²) in [5, 5.41) is 78.2. The van der Waals surface area contributed by atoms with Gasteiger partial charge in [-0.1, -0.05) is 116 Å². The first kappa shape index (κ1) is 86.6. The number of nitrogens with zero attached hydrogens (tertiary/aromatic N) is 8. The van der Waals surface area contributed by atoms with Gasteiger partial charge in [0.05, 0.1) is 131 Å². The lowest BCUT2D eigenvalue weighted by molar-refractivity contribution is -0.0184. The van der Waals surface area contributed by atoms with Crippen molar-refractivity contribution in [2.75, 3.05) is 74.1 Å². The fourth-order valence-electron chi connectivity index (χ4n) is 9.86. The fourth-order valence-corrected chi connectivity index (χ4v) is 10.3. The molecule has 0 aliphatic carbocycles. The van der Waals surface area contributed by atoms with E-state index in [1.165, 1.54) is 39.5 Å². The Bertz CT molecular complexity index is 4310. The monoisotopic (exact) mass is 1490 g/mol. The highest BCUT2D eigenvalue weighted by molar-refractivity contribution is 9.10. The van der Waals surface area contributed by atoms with Crippen molar-refractivity contribution in [3.63, 3.8) is 0 Å². The number of rotatable bonds is 20. The van der Waals surface area contributed by atoms with Crippen LogP contribution in [0, 0.1) is 68.0 Å². The molecule has 0 spiro atoms. The summed E-state index contributed by atoms with van der Waals surface area (Å²) in [6, 6.07) is 58.4. The number of carboxylic acids is 1. The van der Waals surface area contributed by atoms with E-state index < -0.39 is 11.9 Å². The van der Waals surface area contributed by atoms with Gasteiger partial charge in [-0.15, -0.1) is 0 Å². The number of aliphatic hydroxyl groups is 1. The van der Waals surface area contributed by atoms with E-state index in [-0.39, 0.29) is 71.7 Å². The van der Waals surface area contributed by atoms with E-state index in [1.807, 2.05) is 66.7 Å². The summed E-state index contributed by atoms with van der Waals surface area (Å²) in [6.45, 7) is 5.62. The molecule has 542 valence electrons. The van der Waals surface area contributed by atoms with Crippen molar-refractivity contribution in [2.45, 2.75) is 63.5 Å². The average Bonchev–Trinajstić information content (AvgIpc) is 0.821. The van der Waals surface area contributed by atoms with E-state index in [0.717, 1.165) is 26.7 Å². The van der Waals surface area contributed by atoms with Gasteiger partial charge < -0.3 is 53.5 Å². The molecule has 3 N–H and O–H groups in total. The number of aldehydes is 1. The molecule has 105 heavy (non-hydrogen) atoms. The average molecular weight is 1490 g/mol. The number of aromatic hydroxyl groups is 1. The molecule has 2 atom stereocenters. The van der Waals surface area contributed by atoms with Gasteiger partial charge in [0.2, 0.25) is 0 Å². The molecule has 2 aliphatic rings. The fraction of sp³-hybridized carbons (Fsp3) is 0.263. The number of allylic oxidation sites excluding steroid dienone is 2. The van der Waals surface area contributed by atoms with Crippen molar-refractivity contribution < 1.29 is 77.3 Å². The number of benzene rings is 7. The van der Waals surface area contributed by atoms with Gasteiger partial charge in [-0.3, -0.25) is 14.4 Å². The van der Waals surface area contributed by atoms with Crippen LogP contribution in [0.25, 0.3) is 6.08 Å². The lowest BCUT2D eigenvalue weighted by Gasteiger charge is -2.36. The van der Waals surface area contributed by atoms with Crippen LogP contribution in [0.1, 0.15) is 126 Å². The number of esters is 3. The molecule has 25 heteroatoms. The maximum absolute atomic E-state index is 13.2. The molecule has 0 saturated carbocycles. The van der Waals surface area contributed by atoms with Crippen molar-refractivity contribution in [1.29, 1.82) is 31.6 Å². The number of carbonyl (C=O) groups is 7. The summed E-state index contributed by atoms with van der Waals surface area (Å²) < 4.78 is 31.1. The Morgan fingerprint density at radius 1 is 0.533 bits per heavy atom. The SMILES string of the molecule is C=CC#N.COC(=O)c1ccccc1/C=C/C#N.COC(=O)c1ccccc1Br.COC(=O)c1ccccc1CCC#N.N#CCCc1ccccc1C(=O)N1CCOC[C@H]1CO.N#CCCc1ccccc1C(=O)N1CCOC[C@H]1COc1cccc(O)c1C=O.N#CCCc1ccccc1C(=O)O. The second kappa shape index (κ2) is 50.7. The summed E-state index contributed by atoms with van der Waals surface area (Å²) in [7, 11) is 4.04. The quantitative estimate of drug-likeness (QED) is 0.0276. The lowest BCUT2D eigenvalue weighted by atomic mass is 10.0. The molecule has 2 aliphatic heterocycles. The van der Waals surface area contributed by atoms with Crippen LogP contribution in [0.4, 0.5) is 0 Å². The molecule has 0 aromatic heterocycles. The lowest BCUT2D eigenvalue weighted by Crippen LogP contribution is -2.51. The number of morpholine rings is 2. The third kappa shape index (κ3) is 29.5. The topological polar surface area (TPSA) is 385 Å². The minimum atomic E-state index is -0.937. The molecule has 0 radical (unpaired) electrons. The van der Waals surface area contributed by atoms with E-state index in [4.69, 9.17) is 50.9 Å². The van der Waals surface area contributed by atoms with E-state index in [0.29, 0.717) is 131 Å². The third-order valence-corrected chi connectivity index (χ3v) is 15.7. The molecule has 2 amide bonds. The Hall–Kier alpha value is -12.6. The number of hydrogen-bond acceptors (Lipinski definition) is 21. The van der Waals surface area contributed by atoms with E-state index in [9.17, 15) is 43.8 Å². The number of nitriles is 6. The van der Waals surface area contributed by atoms with Crippen LogP contribution in [0.2, 0.25) is 0 Å². The number of phenols is 1. The number of ether oxygens (including phenoxy) is 6. The number of carboxylic acid groups (broad SMARTS) is 1. The Labute approximate surface area is 618 Å². The van der Waals surface area contributed by atoms with Crippen LogP contribution in [0.5, 0.6) is 11.5 Å². The van der Waals surface area contributed by atoms with Crippen molar-refractivity contribution in [3.8, 4) is 47.9 Å². The highest BCUT2D eigenvalue weighted by atomic mass is 79.9. The number of hydrogen-bond donors (Lipinski definition) is 3.